The second-order valence-electron chi connectivity index (χ2n) is 8.50. The molecule has 1 aromatic carbocycles. The summed E-state index contributed by atoms with van der Waals surface area (Å²) in [5, 5.41) is 3.80. The van der Waals surface area contributed by atoms with Gasteiger partial charge in [-0.15, -0.1) is 0 Å². The van der Waals surface area contributed by atoms with Gasteiger partial charge in [0.1, 0.15) is 11.1 Å². The van der Waals surface area contributed by atoms with E-state index < -0.39 is 11.2 Å². The van der Waals surface area contributed by atoms with Crippen molar-refractivity contribution in [2.45, 2.75) is 64.0 Å². The Kier molecular flexibility index (Phi) is 3.86. The molecule has 6 nitrogen and oxygen atoms in total. The second-order valence-corrected chi connectivity index (χ2v) is 8.50. The molecule has 1 spiro atoms. The van der Waals surface area contributed by atoms with Gasteiger partial charge in [0.05, 0.1) is 6.54 Å². The Bertz CT molecular complexity index is 1060. The number of amides is 3. The van der Waals surface area contributed by atoms with Gasteiger partial charge < -0.3 is 9.73 Å². The van der Waals surface area contributed by atoms with E-state index in [2.05, 4.69) is 11.4 Å². The zero-order valence-electron chi connectivity index (χ0n) is 16.0. The predicted molar refractivity (Wildman–Crippen MR) is 104 cm³/mol. The number of nitrogens with zero attached hydrogens (tertiary/aromatic N) is 1. The lowest BCUT2D eigenvalue weighted by Crippen LogP contribution is -2.53. The third-order valence-corrected chi connectivity index (χ3v) is 6.87. The van der Waals surface area contributed by atoms with Crippen LogP contribution in [0.3, 0.4) is 0 Å². The van der Waals surface area contributed by atoms with E-state index in [1.54, 1.807) is 0 Å². The third kappa shape index (κ3) is 2.50. The monoisotopic (exact) mass is 380 g/mol. The van der Waals surface area contributed by atoms with Crippen molar-refractivity contribution in [3.8, 4) is 0 Å². The molecule has 6 heteroatoms. The van der Waals surface area contributed by atoms with Crippen LogP contribution in [0, 0.1) is 5.92 Å². The lowest BCUT2D eigenvalue weighted by Gasteiger charge is -2.36. The average molecular weight is 380 g/mol. The van der Waals surface area contributed by atoms with E-state index in [0.717, 1.165) is 43.9 Å². The number of benzene rings is 1. The quantitative estimate of drug-likeness (QED) is 0.640. The van der Waals surface area contributed by atoms with Gasteiger partial charge >= 0.3 is 11.7 Å². The molecule has 1 saturated carbocycles. The van der Waals surface area contributed by atoms with Crippen LogP contribution in [-0.2, 0) is 24.2 Å². The fourth-order valence-corrected chi connectivity index (χ4v) is 5.23. The molecular weight excluding hydrogens is 356 g/mol. The Hall–Kier alpha value is -2.63. The minimum Gasteiger partial charge on any atom is -0.423 e. The first kappa shape index (κ1) is 17.5. The first-order chi connectivity index (χ1) is 13.5. The van der Waals surface area contributed by atoms with Gasteiger partial charge in [-0.3, -0.25) is 9.69 Å². The molecule has 0 radical (unpaired) electrons. The summed E-state index contributed by atoms with van der Waals surface area (Å²) in [4.78, 5) is 39.4. The van der Waals surface area contributed by atoms with Crippen LogP contribution in [0.2, 0.25) is 0 Å². The zero-order chi connectivity index (χ0) is 19.5. The van der Waals surface area contributed by atoms with Crippen molar-refractivity contribution in [2.75, 3.05) is 0 Å². The Balaban J connectivity index is 1.54. The molecule has 1 aliphatic heterocycles. The summed E-state index contributed by atoms with van der Waals surface area (Å²) in [6.45, 7) is 2.14. The molecule has 5 rings (SSSR count). The highest BCUT2D eigenvalue weighted by Gasteiger charge is 2.54. The van der Waals surface area contributed by atoms with E-state index in [9.17, 15) is 14.4 Å². The summed E-state index contributed by atoms with van der Waals surface area (Å²) in [6, 6.07) is 5.06. The van der Waals surface area contributed by atoms with Crippen molar-refractivity contribution >= 4 is 22.9 Å². The molecule has 0 bridgehead atoms. The molecule has 0 unspecified atom stereocenters. The van der Waals surface area contributed by atoms with Gasteiger partial charge in [-0.25, -0.2) is 9.59 Å². The largest absolute Gasteiger partial charge is 0.423 e. The maximum atomic E-state index is 13.3. The summed E-state index contributed by atoms with van der Waals surface area (Å²) < 4.78 is 5.41. The number of rotatable bonds is 2. The molecule has 1 N–H and O–H groups in total. The molecule has 3 amide bonds. The van der Waals surface area contributed by atoms with Crippen molar-refractivity contribution in [3.05, 3.63) is 45.3 Å². The molecule has 3 aliphatic rings. The van der Waals surface area contributed by atoms with Crippen LogP contribution in [0.1, 0.15) is 55.7 Å². The minimum atomic E-state index is -0.786. The van der Waals surface area contributed by atoms with Gasteiger partial charge in [0.15, 0.2) is 0 Å². The number of hydrogen-bond acceptors (Lipinski definition) is 4. The first-order valence-electron chi connectivity index (χ1n) is 10.2. The number of nitrogens with one attached hydrogen (secondary N) is 1. The number of fused-ring (bicyclic) bond motifs is 2. The van der Waals surface area contributed by atoms with Crippen molar-refractivity contribution < 1.29 is 14.0 Å². The Labute approximate surface area is 162 Å². The first-order valence-corrected chi connectivity index (χ1v) is 10.2. The summed E-state index contributed by atoms with van der Waals surface area (Å²) in [6.07, 6.45) is 6.74. The maximum absolute atomic E-state index is 13.3. The molecule has 2 aliphatic carbocycles. The number of aryl methyl sites for hydroxylation is 2. The number of urea groups is 1. The summed E-state index contributed by atoms with van der Waals surface area (Å²) in [5.74, 6) is -0.0455. The molecule has 2 atom stereocenters. The highest BCUT2D eigenvalue weighted by Crippen LogP contribution is 2.39. The number of imide groups is 1. The lowest BCUT2D eigenvalue weighted by molar-refractivity contribution is -0.134. The van der Waals surface area contributed by atoms with Gasteiger partial charge in [0.2, 0.25) is 0 Å². The van der Waals surface area contributed by atoms with Crippen LogP contribution in [0.25, 0.3) is 11.0 Å². The molecule has 2 heterocycles. The smallest absolute Gasteiger partial charge is 0.336 e. The van der Waals surface area contributed by atoms with Crippen molar-refractivity contribution in [2.24, 2.45) is 5.92 Å². The maximum Gasteiger partial charge on any atom is 0.336 e. The third-order valence-electron chi connectivity index (χ3n) is 6.87. The van der Waals surface area contributed by atoms with Crippen LogP contribution >= 0.6 is 0 Å². The normalized spacial score (nSPS) is 26.9. The highest BCUT2D eigenvalue weighted by atomic mass is 16.4. The van der Waals surface area contributed by atoms with E-state index >= 15 is 0 Å². The average Bonchev–Trinajstić information content (AvgIpc) is 3.21. The minimum absolute atomic E-state index is 0.0972. The van der Waals surface area contributed by atoms with Crippen molar-refractivity contribution in [1.29, 1.82) is 0 Å². The Morgan fingerprint density at radius 3 is 2.68 bits per heavy atom. The van der Waals surface area contributed by atoms with E-state index in [0.29, 0.717) is 17.6 Å². The van der Waals surface area contributed by atoms with Crippen LogP contribution in [0.4, 0.5) is 4.79 Å². The molecule has 2 fully saturated rings. The number of hydrogen-bond donors (Lipinski definition) is 1. The van der Waals surface area contributed by atoms with Gasteiger partial charge in [0.25, 0.3) is 5.91 Å². The van der Waals surface area contributed by atoms with E-state index in [1.807, 2.05) is 13.0 Å². The molecule has 1 saturated heterocycles. The van der Waals surface area contributed by atoms with Crippen LogP contribution < -0.4 is 10.9 Å². The van der Waals surface area contributed by atoms with E-state index in [-0.39, 0.29) is 24.4 Å². The molecule has 2 aromatic rings. The highest BCUT2D eigenvalue weighted by molar-refractivity contribution is 6.07. The van der Waals surface area contributed by atoms with Gasteiger partial charge in [-0.1, -0.05) is 19.8 Å². The standard InChI is InChI=1S/C22H24N2O4/c1-13-5-2-3-8-22(13)20(26)24(21(27)23-22)12-16-11-19(25)28-18-10-15-7-4-6-14(15)9-17(16)18/h9-11,13H,2-8,12H2,1H3,(H,23,27)/t13-,22+/m0/s1. The van der Waals surface area contributed by atoms with E-state index in [4.69, 9.17) is 4.42 Å². The zero-order valence-corrected chi connectivity index (χ0v) is 16.0. The SMILES string of the molecule is C[C@H]1CCCC[C@@]12NC(=O)N(Cc1cc(=O)oc3cc4c(cc13)CCC4)C2=O. The van der Waals surface area contributed by atoms with Gasteiger partial charge in [-0.2, -0.15) is 0 Å². The van der Waals surface area contributed by atoms with Crippen LogP contribution in [-0.4, -0.2) is 22.4 Å². The van der Waals surface area contributed by atoms with Crippen LogP contribution in [0.5, 0.6) is 0 Å². The summed E-state index contributed by atoms with van der Waals surface area (Å²) >= 11 is 0. The fourth-order valence-electron chi connectivity index (χ4n) is 5.23. The topological polar surface area (TPSA) is 79.6 Å². The Morgan fingerprint density at radius 2 is 1.89 bits per heavy atom. The number of carbonyl (C=O) groups is 2. The number of carbonyl (C=O) groups excluding carboxylic acids is 2. The molecule has 1 aromatic heterocycles. The van der Waals surface area contributed by atoms with E-state index in [1.165, 1.54) is 22.1 Å². The molecule has 28 heavy (non-hydrogen) atoms. The van der Waals surface area contributed by atoms with Crippen molar-refractivity contribution in [1.82, 2.24) is 10.2 Å². The summed E-state index contributed by atoms with van der Waals surface area (Å²) in [7, 11) is 0. The Morgan fingerprint density at radius 1 is 1.11 bits per heavy atom. The van der Waals surface area contributed by atoms with Crippen LogP contribution in [0.15, 0.2) is 27.4 Å². The molecule has 146 valence electrons. The lowest BCUT2D eigenvalue weighted by atomic mass is 9.73. The van der Waals surface area contributed by atoms with Gasteiger partial charge in [0, 0.05) is 11.5 Å². The summed E-state index contributed by atoms with van der Waals surface area (Å²) in [5.41, 5.74) is 2.45. The van der Waals surface area contributed by atoms with Gasteiger partial charge in [-0.05, 0) is 66.8 Å². The molecular formula is C22H24N2O4. The second kappa shape index (κ2) is 6.19. The predicted octanol–water partition coefficient (Wildman–Crippen LogP) is 3.28. The van der Waals surface area contributed by atoms with Crippen molar-refractivity contribution in [3.63, 3.8) is 0 Å². The fraction of sp³-hybridized carbons (Fsp3) is 0.500.